The van der Waals surface area contributed by atoms with E-state index in [0.717, 1.165) is 10.9 Å². The number of esters is 1. The molecule has 0 aliphatic rings. The van der Waals surface area contributed by atoms with Crippen LogP contribution in [-0.2, 0) is 31.9 Å². The first kappa shape index (κ1) is 19.9. The molecule has 2 aromatic carbocycles. The van der Waals surface area contributed by atoms with E-state index in [0.29, 0.717) is 22.7 Å². The number of rotatable bonds is 8. The van der Waals surface area contributed by atoms with Crippen molar-refractivity contribution in [1.82, 2.24) is 4.72 Å². The van der Waals surface area contributed by atoms with E-state index in [2.05, 4.69) is 9.46 Å². The van der Waals surface area contributed by atoms with Gasteiger partial charge in [0, 0.05) is 17.5 Å². The monoisotopic (exact) mass is 403 g/mol. The van der Waals surface area contributed by atoms with Crippen LogP contribution in [0.25, 0.3) is 11.0 Å². The number of carbonyl (C=O) groups excluding carboxylic acids is 1. The van der Waals surface area contributed by atoms with Crippen LogP contribution in [0.15, 0.2) is 52.9 Å². The maximum Gasteiger partial charge on any atom is 0.343 e. The maximum absolute atomic E-state index is 12.4. The Morgan fingerprint density at radius 2 is 1.86 bits per heavy atom. The number of methoxy groups -OCH3 is 1. The minimum absolute atomic E-state index is 0.0917. The smallest absolute Gasteiger partial charge is 0.343 e. The number of nitrogens with one attached hydrogen (secondary N) is 1. The van der Waals surface area contributed by atoms with Crippen molar-refractivity contribution in [3.63, 3.8) is 0 Å². The van der Waals surface area contributed by atoms with Gasteiger partial charge >= 0.3 is 5.97 Å². The Bertz CT molecular complexity index is 1070. The quantitative estimate of drug-likeness (QED) is 0.581. The van der Waals surface area contributed by atoms with E-state index < -0.39 is 16.0 Å². The Morgan fingerprint density at radius 3 is 2.57 bits per heavy atom. The highest BCUT2D eigenvalue weighted by atomic mass is 32.2. The van der Waals surface area contributed by atoms with Crippen molar-refractivity contribution in [2.75, 3.05) is 13.7 Å². The molecule has 148 valence electrons. The van der Waals surface area contributed by atoms with Gasteiger partial charge in [0.2, 0.25) is 10.0 Å². The van der Waals surface area contributed by atoms with Gasteiger partial charge in [0.25, 0.3) is 0 Å². The molecule has 3 rings (SSSR count). The van der Waals surface area contributed by atoms with E-state index in [1.807, 2.05) is 12.1 Å². The van der Waals surface area contributed by atoms with Gasteiger partial charge in [-0.15, -0.1) is 0 Å². The number of para-hydroxylation sites is 1. The molecule has 0 aliphatic heterocycles. The number of benzene rings is 2. The summed E-state index contributed by atoms with van der Waals surface area (Å²) < 4.78 is 43.2. The highest BCUT2D eigenvalue weighted by molar-refractivity contribution is 7.88. The van der Waals surface area contributed by atoms with Gasteiger partial charge in [-0.05, 0) is 18.6 Å². The van der Waals surface area contributed by atoms with E-state index in [1.165, 1.54) is 7.11 Å². The summed E-state index contributed by atoms with van der Waals surface area (Å²) in [6, 6.07) is 14.2. The summed E-state index contributed by atoms with van der Waals surface area (Å²) in [6.07, 6.45) is 0. The molecule has 0 fully saturated rings. The second-order valence-electron chi connectivity index (χ2n) is 6.20. The Balaban J connectivity index is 1.78. The van der Waals surface area contributed by atoms with Crippen LogP contribution in [0.5, 0.6) is 5.75 Å². The zero-order chi connectivity index (χ0) is 20.1. The first-order chi connectivity index (χ1) is 13.4. The van der Waals surface area contributed by atoms with Gasteiger partial charge in [-0.2, -0.15) is 0 Å². The summed E-state index contributed by atoms with van der Waals surface area (Å²) in [6.45, 7) is 1.60. The summed E-state index contributed by atoms with van der Waals surface area (Å²) in [7, 11) is -2.23. The zero-order valence-corrected chi connectivity index (χ0v) is 16.4. The van der Waals surface area contributed by atoms with Crippen molar-refractivity contribution in [2.24, 2.45) is 0 Å². The molecule has 0 atom stereocenters. The van der Waals surface area contributed by atoms with Crippen molar-refractivity contribution >= 4 is 27.0 Å². The van der Waals surface area contributed by atoms with Crippen molar-refractivity contribution in [1.29, 1.82) is 0 Å². The molecule has 0 aliphatic carbocycles. The first-order valence-corrected chi connectivity index (χ1v) is 10.3. The fraction of sp³-hybridized carbons (Fsp3) is 0.250. The molecule has 0 radical (unpaired) electrons. The third kappa shape index (κ3) is 4.71. The average Bonchev–Trinajstić information content (AvgIpc) is 3.00. The molecule has 1 N–H and O–H groups in total. The summed E-state index contributed by atoms with van der Waals surface area (Å²) >= 11 is 0. The lowest BCUT2D eigenvalue weighted by atomic mass is 10.1. The van der Waals surface area contributed by atoms with Gasteiger partial charge in [0.15, 0.2) is 17.9 Å². The SMILES string of the molecule is COC(=O)COc1cccc2c(CNS(=O)(=O)Cc3ccccc3)c(C)oc12. The minimum atomic E-state index is -3.52. The lowest BCUT2D eigenvalue weighted by molar-refractivity contribution is -0.142. The van der Waals surface area contributed by atoms with E-state index >= 15 is 0 Å². The Labute approximate surface area is 163 Å². The molecule has 0 saturated carbocycles. The molecule has 0 bridgehead atoms. The van der Waals surface area contributed by atoms with Crippen LogP contribution in [0.1, 0.15) is 16.9 Å². The predicted octanol–water partition coefficient (Wildman–Crippen LogP) is 2.91. The third-order valence-corrected chi connectivity index (χ3v) is 5.52. The highest BCUT2D eigenvalue weighted by Gasteiger charge is 2.18. The number of ether oxygens (including phenoxy) is 2. The van der Waals surface area contributed by atoms with Gasteiger partial charge in [-0.25, -0.2) is 17.9 Å². The lowest BCUT2D eigenvalue weighted by Crippen LogP contribution is -2.24. The molecule has 0 spiro atoms. The van der Waals surface area contributed by atoms with Crippen LogP contribution in [-0.4, -0.2) is 28.1 Å². The largest absolute Gasteiger partial charge is 0.478 e. The first-order valence-electron chi connectivity index (χ1n) is 8.61. The Kier molecular flexibility index (Phi) is 6.01. The summed E-state index contributed by atoms with van der Waals surface area (Å²) in [5.41, 5.74) is 1.89. The molecule has 0 amide bonds. The molecule has 0 unspecified atom stereocenters. The van der Waals surface area contributed by atoms with Crippen molar-refractivity contribution in [3.05, 3.63) is 65.4 Å². The fourth-order valence-corrected chi connectivity index (χ4v) is 3.92. The van der Waals surface area contributed by atoms with Crippen LogP contribution in [0.4, 0.5) is 0 Å². The Morgan fingerprint density at radius 1 is 1.11 bits per heavy atom. The van der Waals surface area contributed by atoms with Gasteiger partial charge in [-0.1, -0.05) is 42.5 Å². The van der Waals surface area contributed by atoms with Crippen LogP contribution in [0, 0.1) is 6.92 Å². The van der Waals surface area contributed by atoms with Crippen molar-refractivity contribution < 1.29 is 27.1 Å². The van der Waals surface area contributed by atoms with Crippen LogP contribution in [0.3, 0.4) is 0 Å². The van der Waals surface area contributed by atoms with Gasteiger partial charge in [0.05, 0.1) is 12.9 Å². The molecular formula is C20H21NO6S. The second-order valence-corrected chi connectivity index (χ2v) is 8.01. The predicted molar refractivity (Wildman–Crippen MR) is 104 cm³/mol. The number of aryl methyl sites for hydroxylation is 1. The summed E-state index contributed by atoms with van der Waals surface area (Å²) in [5.74, 6) is 0.362. The molecule has 7 nitrogen and oxygen atoms in total. The van der Waals surface area contributed by atoms with Crippen LogP contribution in [0.2, 0.25) is 0 Å². The average molecular weight is 403 g/mol. The standard InChI is InChI=1S/C20H21NO6S/c1-14-17(11-21-28(23,24)13-15-7-4-3-5-8-15)16-9-6-10-18(20(16)27-14)26-12-19(22)25-2/h3-10,21H,11-13H2,1-2H3. The Hall–Kier alpha value is -2.84. The number of sulfonamides is 1. The second kappa shape index (κ2) is 8.45. The maximum atomic E-state index is 12.4. The molecule has 1 heterocycles. The third-order valence-electron chi connectivity index (χ3n) is 4.23. The number of hydrogen-bond acceptors (Lipinski definition) is 6. The van der Waals surface area contributed by atoms with Gasteiger partial charge in [0.1, 0.15) is 5.76 Å². The summed E-state index contributed by atoms with van der Waals surface area (Å²) in [5, 5.41) is 0.724. The van der Waals surface area contributed by atoms with Crippen molar-refractivity contribution in [3.8, 4) is 5.75 Å². The number of fused-ring (bicyclic) bond motifs is 1. The molecule has 0 saturated heterocycles. The number of furan rings is 1. The number of carbonyl (C=O) groups is 1. The molecule has 3 aromatic rings. The topological polar surface area (TPSA) is 94.8 Å². The van der Waals surface area contributed by atoms with E-state index in [9.17, 15) is 13.2 Å². The van der Waals surface area contributed by atoms with E-state index in [1.54, 1.807) is 43.3 Å². The zero-order valence-electron chi connectivity index (χ0n) is 15.6. The molecular weight excluding hydrogens is 382 g/mol. The fourth-order valence-electron chi connectivity index (χ4n) is 2.82. The van der Waals surface area contributed by atoms with Crippen molar-refractivity contribution in [2.45, 2.75) is 19.2 Å². The van der Waals surface area contributed by atoms with E-state index in [-0.39, 0.29) is 18.9 Å². The summed E-state index contributed by atoms with van der Waals surface area (Å²) in [4.78, 5) is 11.3. The molecule has 8 heteroatoms. The normalized spacial score (nSPS) is 11.5. The number of hydrogen-bond donors (Lipinski definition) is 1. The lowest BCUT2D eigenvalue weighted by Gasteiger charge is -2.07. The highest BCUT2D eigenvalue weighted by Crippen LogP contribution is 2.32. The minimum Gasteiger partial charge on any atom is -0.478 e. The van der Waals surface area contributed by atoms with Gasteiger partial charge in [-0.3, -0.25) is 0 Å². The van der Waals surface area contributed by atoms with Crippen LogP contribution >= 0.6 is 0 Å². The van der Waals surface area contributed by atoms with E-state index in [4.69, 9.17) is 9.15 Å². The molecule has 1 aromatic heterocycles. The van der Waals surface area contributed by atoms with Gasteiger partial charge < -0.3 is 13.9 Å². The molecule has 28 heavy (non-hydrogen) atoms. The van der Waals surface area contributed by atoms with Crippen LogP contribution < -0.4 is 9.46 Å².